The van der Waals surface area contributed by atoms with Crippen LogP contribution in [-0.2, 0) is 17.6 Å². The average molecular weight is 215 g/mol. The van der Waals surface area contributed by atoms with Crippen LogP contribution in [-0.4, -0.2) is 18.1 Å². The molecule has 0 fully saturated rings. The Morgan fingerprint density at radius 1 is 1.38 bits per heavy atom. The van der Waals surface area contributed by atoms with E-state index in [-0.39, 0.29) is 5.97 Å². The quantitative estimate of drug-likeness (QED) is 0.742. The number of H-pyrrole nitrogens is 1. The van der Waals surface area contributed by atoms with Gasteiger partial charge in [0.1, 0.15) is 0 Å². The summed E-state index contributed by atoms with van der Waals surface area (Å²) in [7, 11) is 1.40. The number of esters is 1. The summed E-state index contributed by atoms with van der Waals surface area (Å²) in [6.45, 7) is 0. The van der Waals surface area contributed by atoms with E-state index < -0.39 is 0 Å². The Hall–Kier alpha value is -1.77. The number of rotatable bonds is 1. The molecule has 0 aliphatic heterocycles. The van der Waals surface area contributed by atoms with Gasteiger partial charge >= 0.3 is 5.97 Å². The van der Waals surface area contributed by atoms with Gasteiger partial charge in [0.05, 0.1) is 12.7 Å². The molecule has 0 atom stereocenters. The number of aromatic nitrogens is 1. The van der Waals surface area contributed by atoms with E-state index in [9.17, 15) is 4.79 Å². The summed E-state index contributed by atoms with van der Waals surface area (Å²) in [4.78, 5) is 14.8. The lowest BCUT2D eigenvalue weighted by atomic mass is 10.1. The molecule has 1 aliphatic rings. The first kappa shape index (κ1) is 9.46. The minimum absolute atomic E-state index is 0.281. The van der Waals surface area contributed by atoms with E-state index in [0.29, 0.717) is 5.56 Å². The Bertz CT molecular complexity index is 569. The van der Waals surface area contributed by atoms with Gasteiger partial charge in [-0.25, -0.2) is 4.79 Å². The van der Waals surface area contributed by atoms with Crippen molar-refractivity contribution < 1.29 is 9.53 Å². The Morgan fingerprint density at radius 3 is 3.06 bits per heavy atom. The molecule has 1 aliphatic carbocycles. The van der Waals surface area contributed by atoms with E-state index in [1.165, 1.54) is 30.2 Å². The molecule has 82 valence electrons. The molecule has 0 amide bonds. The number of fused-ring (bicyclic) bond motifs is 3. The minimum atomic E-state index is -0.281. The Kier molecular flexibility index (Phi) is 1.99. The lowest BCUT2D eigenvalue weighted by Gasteiger charge is -1.99. The maximum Gasteiger partial charge on any atom is 0.337 e. The van der Waals surface area contributed by atoms with Crippen molar-refractivity contribution in [2.75, 3.05) is 7.11 Å². The fourth-order valence-electron chi connectivity index (χ4n) is 2.50. The second-order valence-corrected chi connectivity index (χ2v) is 4.19. The third kappa shape index (κ3) is 1.24. The van der Waals surface area contributed by atoms with Crippen LogP contribution in [0.25, 0.3) is 10.9 Å². The minimum Gasteiger partial charge on any atom is -0.465 e. The highest BCUT2D eigenvalue weighted by Crippen LogP contribution is 2.30. The summed E-state index contributed by atoms with van der Waals surface area (Å²) < 4.78 is 4.71. The van der Waals surface area contributed by atoms with Gasteiger partial charge < -0.3 is 9.72 Å². The molecule has 3 nitrogen and oxygen atoms in total. The number of ether oxygens (including phenoxy) is 1. The molecule has 0 saturated carbocycles. The summed E-state index contributed by atoms with van der Waals surface area (Å²) in [6, 6.07) is 5.72. The first-order chi connectivity index (χ1) is 7.79. The Labute approximate surface area is 93.4 Å². The van der Waals surface area contributed by atoms with Crippen molar-refractivity contribution >= 4 is 16.9 Å². The number of benzene rings is 1. The predicted octanol–water partition coefficient (Wildman–Crippen LogP) is 2.44. The molecule has 1 aromatic carbocycles. The van der Waals surface area contributed by atoms with Crippen LogP contribution < -0.4 is 0 Å². The number of carbonyl (C=O) groups is 1. The van der Waals surface area contributed by atoms with Crippen molar-refractivity contribution in [3.8, 4) is 0 Å². The molecule has 0 unspecified atom stereocenters. The van der Waals surface area contributed by atoms with Crippen molar-refractivity contribution in [1.82, 2.24) is 4.98 Å². The molecule has 1 heterocycles. The summed E-state index contributed by atoms with van der Waals surface area (Å²) in [5.41, 5.74) is 4.41. The van der Waals surface area contributed by atoms with Gasteiger partial charge in [0, 0.05) is 16.6 Å². The van der Waals surface area contributed by atoms with Gasteiger partial charge in [-0.1, -0.05) is 6.07 Å². The van der Waals surface area contributed by atoms with Crippen LogP contribution in [0.4, 0.5) is 0 Å². The molecule has 2 aromatic rings. The molecule has 3 heteroatoms. The second kappa shape index (κ2) is 3.37. The van der Waals surface area contributed by atoms with Crippen LogP contribution in [0.3, 0.4) is 0 Å². The van der Waals surface area contributed by atoms with Crippen LogP contribution >= 0.6 is 0 Å². The number of nitrogens with one attached hydrogen (secondary N) is 1. The third-order valence-electron chi connectivity index (χ3n) is 3.27. The summed E-state index contributed by atoms with van der Waals surface area (Å²) in [6.07, 6.45) is 3.50. The highest BCUT2D eigenvalue weighted by Gasteiger charge is 2.17. The zero-order valence-electron chi connectivity index (χ0n) is 9.17. The molecule has 0 saturated heterocycles. The third-order valence-corrected chi connectivity index (χ3v) is 3.27. The number of hydrogen-bond donors (Lipinski definition) is 1. The van der Waals surface area contributed by atoms with Crippen molar-refractivity contribution in [2.24, 2.45) is 0 Å². The van der Waals surface area contributed by atoms with Crippen LogP contribution in [0, 0.1) is 0 Å². The Balaban J connectivity index is 2.16. The zero-order chi connectivity index (χ0) is 11.1. The summed E-state index contributed by atoms with van der Waals surface area (Å²) in [5, 5.41) is 1.25. The maximum atomic E-state index is 11.4. The largest absolute Gasteiger partial charge is 0.465 e. The standard InChI is InChI=1S/C13H13NO2/c1-16-13(15)8-5-6-10-9-3-2-4-11(9)14-12(10)7-8/h5-7,14H,2-4H2,1H3. The molecule has 3 rings (SSSR count). The van der Waals surface area contributed by atoms with Crippen LogP contribution in [0.1, 0.15) is 28.0 Å². The van der Waals surface area contributed by atoms with Gasteiger partial charge in [0.25, 0.3) is 0 Å². The zero-order valence-corrected chi connectivity index (χ0v) is 9.17. The van der Waals surface area contributed by atoms with Gasteiger partial charge in [-0.3, -0.25) is 0 Å². The monoisotopic (exact) mass is 215 g/mol. The Morgan fingerprint density at radius 2 is 2.25 bits per heavy atom. The van der Waals surface area contributed by atoms with Crippen LogP contribution in [0.15, 0.2) is 18.2 Å². The van der Waals surface area contributed by atoms with Gasteiger partial charge in [-0.2, -0.15) is 0 Å². The molecule has 1 aromatic heterocycles. The second-order valence-electron chi connectivity index (χ2n) is 4.19. The fraction of sp³-hybridized carbons (Fsp3) is 0.308. The fourth-order valence-corrected chi connectivity index (χ4v) is 2.50. The highest BCUT2D eigenvalue weighted by molar-refractivity contribution is 5.95. The average Bonchev–Trinajstić information content (AvgIpc) is 2.86. The van der Waals surface area contributed by atoms with Gasteiger partial charge in [0.2, 0.25) is 0 Å². The SMILES string of the molecule is COC(=O)c1ccc2c3c([nH]c2c1)CCC3. The normalized spacial score (nSPS) is 14.1. The molecule has 0 radical (unpaired) electrons. The number of carbonyl (C=O) groups excluding carboxylic acids is 1. The van der Waals surface area contributed by atoms with Gasteiger partial charge in [0.15, 0.2) is 0 Å². The lowest BCUT2D eigenvalue weighted by Crippen LogP contribution is -2.00. The predicted molar refractivity (Wildman–Crippen MR) is 61.7 cm³/mol. The van der Waals surface area contributed by atoms with Crippen molar-refractivity contribution in [3.05, 3.63) is 35.0 Å². The number of methoxy groups -OCH3 is 1. The van der Waals surface area contributed by atoms with E-state index in [2.05, 4.69) is 4.98 Å². The molecule has 16 heavy (non-hydrogen) atoms. The maximum absolute atomic E-state index is 11.4. The lowest BCUT2D eigenvalue weighted by molar-refractivity contribution is 0.0601. The van der Waals surface area contributed by atoms with Gasteiger partial charge in [-0.15, -0.1) is 0 Å². The van der Waals surface area contributed by atoms with E-state index >= 15 is 0 Å². The molecular weight excluding hydrogens is 202 g/mol. The molecular formula is C13H13NO2. The molecule has 1 N–H and O–H groups in total. The van der Waals surface area contributed by atoms with Crippen molar-refractivity contribution in [2.45, 2.75) is 19.3 Å². The van der Waals surface area contributed by atoms with E-state index in [1.807, 2.05) is 18.2 Å². The van der Waals surface area contributed by atoms with Crippen molar-refractivity contribution in [1.29, 1.82) is 0 Å². The smallest absolute Gasteiger partial charge is 0.337 e. The van der Waals surface area contributed by atoms with Crippen LogP contribution in [0.5, 0.6) is 0 Å². The number of aryl methyl sites for hydroxylation is 2. The number of aromatic amines is 1. The topological polar surface area (TPSA) is 42.1 Å². The van der Waals surface area contributed by atoms with E-state index in [0.717, 1.165) is 18.4 Å². The van der Waals surface area contributed by atoms with E-state index in [4.69, 9.17) is 4.74 Å². The first-order valence-electron chi connectivity index (χ1n) is 5.51. The first-order valence-corrected chi connectivity index (χ1v) is 5.51. The van der Waals surface area contributed by atoms with Crippen LogP contribution in [0.2, 0.25) is 0 Å². The van der Waals surface area contributed by atoms with Gasteiger partial charge in [-0.05, 0) is 37.0 Å². The summed E-state index contributed by atoms with van der Waals surface area (Å²) >= 11 is 0. The molecule has 0 spiro atoms. The number of hydrogen-bond acceptors (Lipinski definition) is 2. The highest BCUT2D eigenvalue weighted by atomic mass is 16.5. The summed E-state index contributed by atoms with van der Waals surface area (Å²) in [5.74, 6) is -0.281. The van der Waals surface area contributed by atoms with E-state index in [1.54, 1.807) is 0 Å². The molecule has 0 bridgehead atoms. The van der Waals surface area contributed by atoms with Crippen molar-refractivity contribution in [3.63, 3.8) is 0 Å².